The van der Waals surface area contributed by atoms with Gasteiger partial charge in [-0.2, -0.15) is 0 Å². The number of methoxy groups -OCH3 is 1. The van der Waals surface area contributed by atoms with E-state index in [-0.39, 0.29) is 12.4 Å². The van der Waals surface area contributed by atoms with Gasteiger partial charge in [0.05, 0.1) is 12.5 Å². The van der Waals surface area contributed by atoms with Crippen molar-refractivity contribution in [2.24, 2.45) is 5.41 Å². The van der Waals surface area contributed by atoms with Crippen molar-refractivity contribution in [3.8, 4) is 5.75 Å². The van der Waals surface area contributed by atoms with Crippen molar-refractivity contribution in [2.75, 3.05) is 13.7 Å². The van der Waals surface area contributed by atoms with Crippen LogP contribution >= 0.6 is 0 Å². The van der Waals surface area contributed by atoms with E-state index in [9.17, 15) is 9.59 Å². The maximum Gasteiger partial charge on any atom is 0.311 e. The fourth-order valence-electron chi connectivity index (χ4n) is 1.23. The second-order valence-electron chi connectivity index (χ2n) is 4.98. The Morgan fingerprint density at radius 3 is 2.44 bits per heavy atom. The van der Waals surface area contributed by atoms with Crippen molar-refractivity contribution in [3.05, 3.63) is 29.8 Å². The van der Waals surface area contributed by atoms with Crippen LogP contribution in [0.1, 0.15) is 31.1 Å². The summed E-state index contributed by atoms with van der Waals surface area (Å²) in [6, 6.07) is 6.75. The third-order valence-electron chi connectivity index (χ3n) is 2.34. The van der Waals surface area contributed by atoms with Gasteiger partial charge in [0.15, 0.2) is 12.4 Å². The van der Waals surface area contributed by atoms with Gasteiger partial charge in [0, 0.05) is 5.56 Å². The maximum atomic E-state index is 11.8. The van der Waals surface area contributed by atoms with Crippen LogP contribution in [-0.2, 0) is 9.53 Å². The second-order valence-corrected chi connectivity index (χ2v) is 4.98. The third-order valence-corrected chi connectivity index (χ3v) is 2.34. The summed E-state index contributed by atoms with van der Waals surface area (Å²) >= 11 is 0. The molecule has 4 heteroatoms. The lowest BCUT2D eigenvalue weighted by atomic mass is 9.97. The molecule has 98 valence electrons. The number of ketones is 1. The zero-order chi connectivity index (χ0) is 13.8. The minimum atomic E-state index is -0.603. The van der Waals surface area contributed by atoms with Gasteiger partial charge in [-0.15, -0.1) is 0 Å². The van der Waals surface area contributed by atoms with Crippen LogP contribution in [0.3, 0.4) is 0 Å². The van der Waals surface area contributed by atoms with Crippen molar-refractivity contribution < 1.29 is 19.1 Å². The molecule has 0 saturated heterocycles. The van der Waals surface area contributed by atoms with Crippen molar-refractivity contribution in [1.29, 1.82) is 0 Å². The van der Waals surface area contributed by atoms with Gasteiger partial charge in [-0.3, -0.25) is 9.59 Å². The summed E-state index contributed by atoms with van der Waals surface area (Å²) in [5, 5.41) is 0. The van der Waals surface area contributed by atoms with Gasteiger partial charge >= 0.3 is 5.97 Å². The number of ether oxygens (including phenoxy) is 2. The first kappa shape index (κ1) is 14.2. The van der Waals surface area contributed by atoms with E-state index in [4.69, 9.17) is 9.47 Å². The molecule has 18 heavy (non-hydrogen) atoms. The molecule has 1 aromatic carbocycles. The number of carbonyl (C=O) groups excluding carboxylic acids is 2. The zero-order valence-corrected chi connectivity index (χ0v) is 11.1. The van der Waals surface area contributed by atoms with Gasteiger partial charge in [-0.25, -0.2) is 0 Å². The maximum absolute atomic E-state index is 11.8. The van der Waals surface area contributed by atoms with Crippen molar-refractivity contribution in [1.82, 2.24) is 0 Å². The molecule has 0 aliphatic heterocycles. The van der Waals surface area contributed by atoms with Gasteiger partial charge in [0.1, 0.15) is 5.75 Å². The van der Waals surface area contributed by atoms with Crippen molar-refractivity contribution in [3.63, 3.8) is 0 Å². The summed E-state index contributed by atoms with van der Waals surface area (Å²) < 4.78 is 9.99. The summed E-state index contributed by atoms with van der Waals surface area (Å²) in [5.74, 6) is -0.0340. The first-order valence-corrected chi connectivity index (χ1v) is 5.69. The molecule has 1 rings (SSSR count). The van der Waals surface area contributed by atoms with Crippen LogP contribution in [0.2, 0.25) is 0 Å². The Morgan fingerprint density at radius 2 is 1.89 bits per heavy atom. The molecule has 0 amide bonds. The SMILES string of the molecule is COc1cccc(C(=O)COC(=O)C(C)(C)C)c1. The second kappa shape index (κ2) is 5.67. The van der Waals surface area contributed by atoms with Crippen LogP contribution in [0.5, 0.6) is 5.75 Å². The van der Waals surface area contributed by atoms with Gasteiger partial charge in [-0.05, 0) is 32.9 Å². The van der Waals surface area contributed by atoms with E-state index >= 15 is 0 Å². The molecule has 0 aliphatic rings. The predicted octanol–water partition coefficient (Wildman–Crippen LogP) is 2.47. The van der Waals surface area contributed by atoms with Gasteiger partial charge < -0.3 is 9.47 Å². The van der Waals surface area contributed by atoms with Crippen LogP contribution in [0.25, 0.3) is 0 Å². The minimum absolute atomic E-state index is 0.244. The molecule has 0 spiro atoms. The molecular weight excluding hydrogens is 232 g/mol. The van der Waals surface area contributed by atoms with Crippen LogP contribution in [-0.4, -0.2) is 25.5 Å². The molecule has 0 aliphatic carbocycles. The Labute approximate surface area is 107 Å². The number of rotatable bonds is 4. The Morgan fingerprint density at radius 1 is 1.22 bits per heavy atom. The predicted molar refractivity (Wildman–Crippen MR) is 67.7 cm³/mol. The Kier molecular flexibility index (Phi) is 4.48. The molecule has 4 nitrogen and oxygen atoms in total. The van der Waals surface area contributed by atoms with E-state index < -0.39 is 11.4 Å². The van der Waals surface area contributed by atoms with Gasteiger partial charge in [0.2, 0.25) is 0 Å². The highest BCUT2D eigenvalue weighted by molar-refractivity contribution is 5.98. The Hall–Kier alpha value is -1.84. The third kappa shape index (κ3) is 3.87. The number of Topliss-reactive ketones (excluding diaryl/α,β-unsaturated/α-hetero) is 1. The highest BCUT2D eigenvalue weighted by Crippen LogP contribution is 2.16. The Bertz CT molecular complexity index is 443. The highest BCUT2D eigenvalue weighted by Gasteiger charge is 2.24. The quantitative estimate of drug-likeness (QED) is 0.608. The monoisotopic (exact) mass is 250 g/mol. The van der Waals surface area contributed by atoms with E-state index in [1.807, 2.05) is 0 Å². The number of hydrogen-bond donors (Lipinski definition) is 0. The normalized spacial score (nSPS) is 10.9. The summed E-state index contributed by atoms with van der Waals surface area (Å²) in [6.07, 6.45) is 0. The molecule has 0 unspecified atom stereocenters. The van der Waals surface area contributed by atoms with E-state index in [1.54, 1.807) is 45.0 Å². The molecule has 1 aromatic rings. The minimum Gasteiger partial charge on any atom is -0.497 e. The van der Waals surface area contributed by atoms with Gasteiger partial charge in [-0.1, -0.05) is 12.1 Å². The molecule has 0 atom stereocenters. The van der Waals surface area contributed by atoms with Crippen LogP contribution in [0.15, 0.2) is 24.3 Å². The number of esters is 1. The van der Waals surface area contributed by atoms with Crippen molar-refractivity contribution >= 4 is 11.8 Å². The van der Waals surface area contributed by atoms with Crippen LogP contribution in [0, 0.1) is 5.41 Å². The standard InChI is InChI=1S/C14H18O4/c1-14(2,3)13(16)18-9-12(15)10-6-5-7-11(8-10)17-4/h5-8H,9H2,1-4H3. The fraction of sp³-hybridized carbons (Fsp3) is 0.429. The number of hydrogen-bond acceptors (Lipinski definition) is 4. The number of benzene rings is 1. The van der Waals surface area contributed by atoms with E-state index in [2.05, 4.69) is 0 Å². The lowest BCUT2D eigenvalue weighted by Crippen LogP contribution is -2.25. The molecule has 0 fully saturated rings. The summed E-state index contributed by atoms with van der Waals surface area (Å²) in [4.78, 5) is 23.3. The molecule has 0 aromatic heterocycles. The smallest absolute Gasteiger partial charge is 0.311 e. The first-order chi connectivity index (χ1) is 8.34. The zero-order valence-electron chi connectivity index (χ0n) is 11.1. The summed E-state index contributed by atoms with van der Waals surface area (Å²) in [6.45, 7) is 4.98. The lowest BCUT2D eigenvalue weighted by Gasteiger charge is -2.16. The fourth-order valence-corrected chi connectivity index (χ4v) is 1.23. The largest absolute Gasteiger partial charge is 0.497 e. The van der Waals surface area contributed by atoms with E-state index in [0.29, 0.717) is 11.3 Å². The van der Waals surface area contributed by atoms with Crippen LogP contribution < -0.4 is 4.74 Å². The Balaban J connectivity index is 2.63. The summed E-state index contributed by atoms with van der Waals surface area (Å²) in [7, 11) is 1.53. The topological polar surface area (TPSA) is 52.6 Å². The molecule has 0 bridgehead atoms. The average Bonchev–Trinajstić information content (AvgIpc) is 2.34. The van der Waals surface area contributed by atoms with E-state index in [1.165, 1.54) is 7.11 Å². The highest BCUT2D eigenvalue weighted by atomic mass is 16.5. The van der Waals surface area contributed by atoms with Crippen molar-refractivity contribution in [2.45, 2.75) is 20.8 Å². The van der Waals surface area contributed by atoms with Gasteiger partial charge in [0.25, 0.3) is 0 Å². The van der Waals surface area contributed by atoms with E-state index in [0.717, 1.165) is 0 Å². The molecule has 0 saturated carbocycles. The summed E-state index contributed by atoms with van der Waals surface area (Å²) in [5.41, 5.74) is -0.134. The first-order valence-electron chi connectivity index (χ1n) is 5.69. The molecule has 0 N–H and O–H groups in total. The lowest BCUT2D eigenvalue weighted by molar-refractivity contribution is -0.151. The molecule has 0 radical (unpaired) electrons. The van der Waals surface area contributed by atoms with Crippen LogP contribution in [0.4, 0.5) is 0 Å². The average molecular weight is 250 g/mol. The molecular formula is C14H18O4. The number of carbonyl (C=O) groups is 2. The molecule has 0 heterocycles.